The Morgan fingerprint density at radius 2 is 1.95 bits per heavy atom. The minimum Gasteiger partial charge on any atom is -0.392 e. The largest absolute Gasteiger partial charge is 0.416 e. The van der Waals surface area contributed by atoms with Gasteiger partial charge in [-0.25, -0.2) is 0 Å². The summed E-state index contributed by atoms with van der Waals surface area (Å²) in [6.07, 6.45) is -0.986. The van der Waals surface area contributed by atoms with Gasteiger partial charge < -0.3 is 10.4 Å². The summed E-state index contributed by atoms with van der Waals surface area (Å²) in [5.41, 5.74) is -0.0383. The first-order chi connectivity index (χ1) is 8.97. The van der Waals surface area contributed by atoms with E-state index in [1.54, 1.807) is 6.07 Å². The molecule has 1 fully saturated rings. The summed E-state index contributed by atoms with van der Waals surface area (Å²) >= 11 is 0. The van der Waals surface area contributed by atoms with Crippen molar-refractivity contribution >= 4 is 0 Å². The molecule has 2 atom stereocenters. The lowest BCUT2D eigenvalue weighted by atomic mass is 9.92. The van der Waals surface area contributed by atoms with Crippen molar-refractivity contribution < 1.29 is 18.3 Å². The number of rotatable bonds is 3. The average Bonchev–Trinajstić information content (AvgIpc) is 2.37. The Kier molecular flexibility index (Phi) is 4.47. The third-order valence-electron chi connectivity index (χ3n) is 3.55. The van der Waals surface area contributed by atoms with Crippen LogP contribution in [-0.4, -0.2) is 17.3 Å². The molecule has 1 saturated carbocycles. The van der Waals surface area contributed by atoms with Crippen LogP contribution in [0.25, 0.3) is 0 Å². The first-order valence-corrected chi connectivity index (χ1v) is 6.54. The number of aliphatic hydroxyl groups is 1. The number of halogens is 3. The Bertz CT molecular complexity index is 419. The number of aliphatic hydroxyl groups excluding tert-OH is 1. The zero-order valence-electron chi connectivity index (χ0n) is 10.6. The molecule has 0 spiro atoms. The lowest BCUT2D eigenvalue weighted by Crippen LogP contribution is -2.41. The van der Waals surface area contributed by atoms with Crippen LogP contribution < -0.4 is 5.32 Å². The first kappa shape index (κ1) is 14.3. The molecular weight excluding hydrogens is 255 g/mol. The van der Waals surface area contributed by atoms with Crippen LogP contribution in [0.15, 0.2) is 24.3 Å². The van der Waals surface area contributed by atoms with Gasteiger partial charge in [-0.2, -0.15) is 13.2 Å². The minimum atomic E-state index is -4.31. The van der Waals surface area contributed by atoms with Crippen molar-refractivity contribution in [3.8, 4) is 0 Å². The monoisotopic (exact) mass is 273 g/mol. The summed E-state index contributed by atoms with van der Waals surface area (Å²) in [5.74, 6) is 0. The van der Waals surface area contributed by atoms with E-state index in [9.17, 15) is 18.3 Å². The maximum absolute atomic E-state index is 12.6. The smallest absolute Gasteiger partial charge is 0.392 e. The number of hydrogen-bond donors (Lipinski definition) is 2. The van der Waals surface area contributed by atoms with Gasteiger partial charge in [-0.3, -0.25) is 0 Å². The number of hydrogen-bond acceptors (Lipinski definition) is 2. The van der Waals surface area contributed by atoms with E-state index in [1.807, 2.05) is 0 Å². The van der Waals surface area contributed by atoms with Crippen LogP contribution in [0.4, 0.5) is 13.2 Å². The fraction of sp³-hybridized carbons (Fsp3) is 0.571. The van der Waals surface area contributed by atoms with Crippen LogP contribution in [0.1, 0.15) is 36.8 Å². The maximum Gasteiger partial charge on any atom is 0.416 e. The summed E-state index contributed by atoms with van der Waals surface area (Å²) < 4.78 is 37.7. The molecule has 0 aliphatic heterocycles. The standard InChI is InChI=1S/C14H18F3NO/c15-14(16,17)11-5-3-4-10(8-11)9-18-12-6-1-2-7-13(12)19/h3-5,8,12-13,18-19H,1-2,6-7,9H2/t12-,13-/m0/s1. The lowest BCUT2D eigenvalue weighted by molar-refractivity contribution is -0.137. The van der Waals surface area contributed by atoms with E-state index in [4.69, 9.17) is 0 Å². The van der Waals surface area contributed by atoms with E-state index < -0.39 is 11.7 Å². The summed E-state index contributed by atoms with van der Waals surface area (Å²) in [6.45, 7) is 0.353. The molecule has 0 heterocycles. The van der Waals surface area contributed by atoms with Crippen LogP contribution >= 0.6 is 0 Å². The molecule has 106 valence electrons. The minimum absolute atomic E-state index is 0.0108. The van der Waals surface area contributed by atoms with Crippen LogP contribution in [0.3, 0.4) is 0 Å². The molecule has 1 aromatic carbocycles. The molecule has 1 aliphatic rings. The molecule has 2 nitrogen and oxygen atoms in total. The van der Waals surface area contributed by atoms with Gasteiger partial charge in [0.05, 0.1) is 11.7 Å². The summed E-state index contributed by atoms with van der Waals surface area (Å²) in [7, 11) is 0. The molecule has 2 N–H and O–H groups in total. The molecular formula is C14H18F3NO. The molecule has 5 heteroatoms. The molecule has 0 saturated heterocycles. The predicted octanol–water partition coefficient (Wildman–Crippen LogP) is 3.10. The van der Waals surface area contributed by atoms with E-state index in [0.717, 1.165) is 37.8 Å². The molecule has 2 rings (SSSR count). The van der Waals surface area contributed by atoms with Gasteiger partial charge in [0, 0.05) is 12.6 Å². The second-order valence-electron chi connectivity index (χ2n) is 5.04. The topological polar surface area (TPSA) is 32.3 Å². The zero-order valence-corrected chi connectivity index (χ0v) is 10.6. The highest BCUT2D eigenvalue weighted by atomic mass is 19.4. The zero-order chi connectivity index (χ0) is 13.9. The Balaban J connectivity index is 1.96. The summed E-state index contributed by atoms with van der Waals surface area (Å²) in [6, 6.07) is 5.29. The van der Waals surface area contributed by atoms with Crippen molar-refractivity contribution in [2.24, 2.45) is 0 Å². The normalized spacial score (nSPS) is 24.4. The Hall–Kier alpha value is -1.07. The highest BCUT2D eigenvalue weighted by Crippen LogP contribution is 2.29. The Morgan fingerprint density at radius 3 is 2.63 bits per heavy atom. The van der Waals surface area contributed by atoms with Gasteiger partial charge in [0.25, 0.3) is 0 Å². The van der Waals surface area contributed by atoms with Crippen molar-refractivity contribution in [2.45, 2.75) is 50.6 Å². The van der Waals surface area contributed by atoms with E-state index in [2.05, 4.69) is 5.32 Å². The Labute approximate surface area is 110 Å². The van der Waals surface area contributed by atoms with Crippen molar-refractivity contribution in [3.05, 3.63) is 35.4 Å². The second kappa shape index (κ2) is 5.92. The summed E-state index contributed by atoms with van der Waals surface area (Å²) in [5, 5.41) is 12.9. The van der Waals surface area contributed by atoms with E-state index in [1.165, 1.54) is 6.07 Å². The van der Waals surface area contributed by atoms with Gasteiger partial charge in [-0.15, -0.1) is 0 Å². The molecule has 0 bridgehead atoms. The van der Waals surface area contributed by atoms with E-state index in [0.29, 0.717) is 12.1 Å². The van der Waals surface area contributed by atoms with Gasteiger partial charge in [-0.1, -0.05) is 31.0 Å². The lowest BCUT2D eigenvalue weighted by Gasteiger charge is -2.28. The van der Waals surface area contributed by atoms with E-state index >= 15 is 0 Å². The van der Waals surface area contributed by atoms with Gasteiger partial charge in [0.1, 0.15) is 0 Å². The molecule has 0 aromatic heterocycles. The van der Waals surface area contributed by atoms with Crippen LogP contribution in [-0.2, 0) is 12.7 Å². The molecule has 0 unspecified atom stereocenters. The third kappa shape index (κ3) is 3.94. The predicted molar refractivity (Wildman–Crippen MR) is 66.5 cm³/mol. The first-order valence-electron chi connectivity index (χ1n) is 6.54. The van der Waals surface area contributed by atoms with Crippen molar-refractivity contribution in [3.63, 3.8) is 0 Å². The number of nitrogens with one attached hydrogen (secondary N) is 1. The van der Waals surface area contributed by atoms with Crippen molar-refractivity contribution in [2.75, 3.05) is 0 Å². The van der Waals surface area contributed by atoms with E-state index in [-0.39, 0.29) is 12.1 Å². The number of alkyl halides is 3. The van der Waals surface area contributed by atoms with Gasteiger partial charge in [0.15, 0.2) is 0 Å². The van der Waals surface area contributed by atoms with Crippen molar-refractivity contribution in [1.82, 2.24) is 5.32 Å². The molecule has 0 amide bonds. The van der Waals surface area contributed by atoms with Crippen LogP contribution in [0.5, 0.6) is 0 Å². The SMILES string of the molecule is O[C@H]1CCCC[C@@H]1NCc1cccc(C(F)(F)F)c1. The second-order valence-corrected chi connectivity index (χ2v) is 5.04. The fourth-order valence-electron chi connectivity index (χ4n) is 2.46. The quantitative estimate of drug-likeness (QED) is 0.887. The van der Waals surface area contributed by atoms with Crippen LogP contribution in [0.2, 0.25) is 0 Å². The third-order valence-corrected chi connectivity index (χ3v) is 3.55. The van der Waals surface area contributed by atoms with Crippen molar-refractivity contribution in [1.29, 1.82) is 0 Å². The van der Waals surface area contributed by atoms with Crippen LogP contribution in [0, 0.1) is 0 Å². The Morgan fingerprint density at radius 1 is 1.21 bits per heavy atom. The highest BCUT2D eigenvalue weighted by Gasteiger charge is 2.30. The molecule has 1 aliphatic carbocycles. The van der Waals surface area contributed by atoms with Gasteiger partial charge >= 0.3 is 6.18 Å². The molecule has 19 heavy (non-hydrogen) atoms. The van der Waals surface area contributed by atoms with Gasteiger partial charge in [0.2, 0.25) is 0 Å². The fourth-order valence-corrected chi connectivity index (χ4v) is 2.46. The maximum atomic E-state index is 12.6. The number of benzene rings is 1. The highest BCUT2D eigenvalue weighted by molar-refractivity contribution is 5.25. The summed E-state index contributed by atoms with van der Waals surface area (Å²) in [4.78, 5) is 0. The van der Waals surface area contributed by atoms with Gasteiger partial charge in [-0.05, 0) is 24.5 Å². The average molecular weight is 273 g/mol. The molecule has 1 aromatic rings. The molecule has 0 radical (unpaired) electrons.